The summed E-state index contributed by atoms with van der Waals surface area (Å²) in [5.41, 5.74) is 9.66. The highest BCUT2D eigenvalue weighted by Gasteiger charge is 2.15. The first-order valence-electron chi connectivity index (χ1n) is 5.62. The number of nitrogens with zero attached hydrogens (tertiary/aromatic N) is 1. The molecule has 0 amide bonds. The monoisotopic (exact) mass is 247 g/mol. The third-order valence-corrected chi connectivity index (χ3v) is 3.12. The lowest BCUT2D eigenvalue weighted by Gasteiger charge is -2.15. The average molecular weight is 247 g/mol. The number of ether oxygens (including phenoxy) is 2. The van der Waals surface area contributed by atoms with Crippen molar-refractivity contribution in [3.05, 3.63) is 23.3 Å². The smallest absolute Gasteiger partial charge is 0.163 e. The number of nitrogens with two attached hydrogens (primary N) is 1. The standard InChI is InChI=1S/C13H17N3O2/c1-7-8(2)13(18-4)11(17-3)5-9(7)10-6-12(14)16-15-10/h5-6H,1-4H3,(H3,14,15,16). The van der Waals surface area contributed by atoms with Gasteiger partial charge in [0.2, 0.25) is 0 Å². The van der Waals surface area contributed by atoms with Crippen molar-refractivity contribution < 1.29 is 9.47 Å². The van der Waals surface area contributed by atoms with E-state index in [1.165, 1.54) is 0 Å². The molecule has 96 valence electrons. The molecular formula is C13H17N3O2. The summed E-state index contributed by atoms with van der Waals surface area (Å²) in [7, 11) is 3.26. The molecule has 1 aromatic heterocycles. The van der Waals surface area contributed by atoms with Crippen LogP contribution in [0, 0.1) is 13.8 Å². The Morgan fingerprint density at radius 2 is 1.83 bits per heavy atom. The Kier molecular flexibility index (Phi) is 3.14. The Labute approximate surface area is 106 Å². The van der Waals surface area contributed by atoms with E-state index < -0.39 is 0 Å². The molecule has 0 spiro atoms. The van der Waals surface area contributed by atoms with E-state index in [1.807, 2.05) is 19.9 Å². The highest BCUT2D eigenvalue weighted by atomic mass is 16.5. The van der Waals surface area contributed by atoms with Crippen LogP contribution in [0.1, 0.15) is 11.1 Å². The van der Waals surface area contributed by atoms with E-state index in [9.17, 15) is 0 Å². The summed E-state index contributed by atoms with van der Waals surface area (Å²) in [6.45, 7) is 4.03. The lowest BCUT2D eigenvalue weighted by atomic mass is 9.99. The fourth-order valence-corrected chi connectivity index (χ4v) is 2.02. The van der Waals surface area contributed by atoms with Gasteiger partial charge in [0, 0.05) is 11.6 Å². The number of benzene rings is 1. The quantitative estimate of drug-likeness (QED) is 0.872. The van der Waals surface area contributed by atoms with Gasteiger partial charge < -0.3 is 15.2 Å². The predicted molar refractivity (Wildman–Crippen MR) is 71.0 cm³/mol. The molecule has 0 bridgehead atoms. The molecule has 5 heteroatoms. The molecule has 0 aliphatic rings. The number of H-pyrrole nitrogens is 1. The molecule has 2 rings (SSSR count). The molecule has 0 fully saturated rings. The summed E-state index contributed by atoms with van der Waals surface area (Å²) >= 11 is 0. The van der Waals surface area contributed by atoms with Gasteiger partial charge in [0.15, 0.2) is 11.5 Å². The summed E-state index contributed by atoms with van der Waals surface area (Å²) < 4.78 is 10.7. The first kappa shape index (κ1) is 12.3. The van der Waals surface area contributed by atoms with Crippen LogP contribution in [0.4, 0.5) is 5.82 Å². The molecule has 0 unspecified atom stereocenters. The number of hydrogen-bond donors (Lipinski definition) is 2. The number of nitrogen functional groups attached to an aromatic ring is 1. The molecule has 3 N–H and O–H groups in total. The highest BCUT2D eigenvalue weighted by molar-refractivity contribution is 5.72. The zero-order chi connectivity index (χ0) is 13.3. The molecule has 1 aromatic carbocycles. The molecule has 0 aliphatic heterocycles. The van der Waals surface area contributed by atoms with Gasteiger partial charge >= 0.3 is 0 Å². The summed E-state index contributed by atoms with van der Waals surface area (Å²) in [6.07, 6.45) is 0. The topological polar surface area (TPSA) is 73.2 Å². The number of rotatable bonds is 3. The fraction of sp³-hybridized carbons (Fsp3) is 0.308. The number of aromatic amines is 1. The maximum Gasteiger partial charge on any atom is 0.163 e. The van der Waals surface area contributed by atoms with Crippen molar-refractivity contribution in [1.82, 2.24) is 10.2 Å². The second-order valence-corrected chi connectivity index (χ2v) is 4.12. The number of methoxy groups -OCH3 is 2. The summed E-state index contributed by atoms with van der Waals surface area (Å²) in [6, 6.07) is 3.72. The van der Waals surface area contributed by atoms with Crippen molar-refractivity contribution in [3.63, 3.8) is 0 Å². The van der Waals surface area contributed by atoms with Crippen molar-refractivity contribution in [2.24, 2.45) is 0 Å². The van der Waals surface area contributed by atoms with Crippen LogP contribution in [0.15, 0.2) is 12.1 Å². The largest absolute Gasteiger partial charge is 0.493 e. The van der Waals surface area contributed by atoms with Crippen LogP contribution in [0.25, 0.3) is 11.3 Å². The van der Waals surface area contributed by atoms with Gasteiger partial charge in [-0.05, 0) is 31.0 Å². The van der Waals surface area contributed by atoms with Crippen LogP contribution in [0.3, 0.4) is 0 Å². The zero-order valence-corrected chi connectivity index (χ0v) is 11.0. The molecule has 0 aliphatic carbocycles. The Morgan fingerprint density at radius 1 is 1.11 bits per heavy atom. The fourth-order valence-electron chi connectivity index (χ4n) is 2.02. The molecule has 2 aromatic rings. The Bertz CT molecular complexity index is 576. The number of anilines is 1. The van der Waals surface area contributed by atoms with Crippen LogP contribution >= 0.6 is 0 Å². The average Bonchev–Trinajstić information content (AvgIpc) is 2.78. The van der Waals surface area contributed by atoms with Crippen LogP contribution in [-0.4, -0.2) is 24.4 Å². The van der Waals surface area contributed by atoms with Gasteiger partial charge in [-0.15, -0.1) is 0 Å². The molecule has 0 saturated carbocycles. The SMILES string of the molecule is COc1cc(-c2cc(N)n[nH]2)c(C)c(C)c1OC. The third kappa shape index (κ3) is 1.88. The van der Waals surface area contributed by atoms with Gasteiger partial charge in [-0.3, -0.25) is 5.10 Å². The van der Waals surface area contributed by atoms with E-state index >= 15 is 0 Å². The first-order chi connectivity index (χ1) is 8.58. The second-order valence-electron chi connectivity index (χ2n) is 4.12. The van der Waals surface area contributed by atoms with Crippen LogP contribution < -0.4 is 15.2 Å². The van der Waals surface area contributed by atoms with E-state index in [-0.39, 0.29) is 0 Å². The third-order valence-electron chi connectivity index (χ3n) is 3.12. The van der Waals surface area contributed by atoms with E-state index in [1.54, 1.807) is 20.3 Å². The van der Waals surface area contributed by atoms with Crippen molar-refractivity contribution >= 4 is 5.82 Å². The van der Waals surface area contributed by atoms with Crippen LogP contribution in [-0.2, 0) is 0 Å². The van der Waals surface area contributed by atoms with Crippen molar-refractivity contribution in [3.8, 4) is 22.8 Å². The van der Waals surface area contributed by atoms with Gasteiger partial charge in [0.05, 0.1) is 19.9 Å². The minimum Gasteiger partial charge on any atom is -0.493 e. The van der Waals surface area contributed by atoms with Crippen LogP contribution in [0.2, 0.25) is 0 Å². The predicted octanol–water partition coefficient (Wildman–Crippen LogP) is 2.29. The van der Waals surface area contributed by atoms with Gasteiger partial charge in [0.25, 0.3) is 0 Å². The van der Waals surface area contributed by atoms with Gasteiger partial charge in [0.1, 0.15) is 5.82 Å². The second kappa shape index (κ2) is 4.60. The number of aromatic nitrogens is 2. The Hall–Kier alpha value is -2.17. The number of nitrogens with one attached hydrogen (secondary N) is 1. The van der Waals surface area contributed by atoms with Gasteiger partial charge in [-0.25, -0.2) is 0 Å². The summed E-state index contributed by atoms with van der Waals surface area (Å²) in [5, 5.41) is 6.85. The maximum absolute atomic E-state index is 5.63. The lowest BCUT2D eigenvalue weighted by molar-refractivity contribution is 0.353. The first-order valence-corrected chi connectivity index (χ1v) is 5.62. The molecule has 0 atom stereocenters. The van der Waals surface area contributed by atoms with Gasteiger partial charge in [-0.1, -0.05) is 0 Å². The van der Waals surface area contributed by atoms with Crippen LogP contribution in [0.5, 0.6) is 11.5 Å². The van der Waals surface area contributed by atoms with Crippen molar-refractivity contribution in [2.75, 3.05) is 20.0 Å². The zero-order valence-electron chi connectivity index (χ0n) is 11.0. The van der Waals surface area contributed by atoms with E-state index in [2.05, 4.69) is 10.2 Å². The number of hydrogen-bond acceptors (Lipinski definition) is 4. The van der Waals surface area contributed by atoms with E-state index in [0.717, 1.165) is 28.1 Å². The van der Waals surface area contributed by atoms with E-state index in [4.69, 9.17) is 15.2 Å². The normalized spacial score (nSPS) is 10.4. The van der Waals surface area contributed by atoms with Gasteiger partial charge in [-0.2, -0.15) is 5.10 Å². The minimum absolute atomic E-state index is 0.469. The van der Waals surface area contributed by atoms with Crippen molar-refractivity contribution in [1.29, 1.82) is 0 Å². The summed E-state index contributed by atoms with van der Waals surface area (Å²) in [5.74, 6) is 1.92. The molecule has 0 radical (unpaired) electrons. The highest BCUT2D eigenvalue weighted by Crippen LogP contribution is 2.38. The Morgan fingerprint density at radius 3 is 2.33 bits per heavy atom. The summed E-state index contributed by atoms with van der Waals surface area (Å²) in [4.78, 5) is 0. The molecule has 5 nitrogen and oxygen atoms in total. The van der Waals surface area contributed by atoms with Crippen molar-refractivity contribution in [2.45, 2.75) is 13.8 Å². The maximum atomic E-state index is 5.63. The molecular weight excluding hydrogens is 230 g/mol. The molecule has 1 heterocycles. The minimum atomic E-state index is 0.469. The Balaban J connectivity index is 2.65. The lowest BCUT2D eigenvalue weighted by Crippen LogP contribution is -1.97. The molecule has 18 heavy (non-hydrogen) atoms. The molecule has 0 saturated heterocycles. The van der Waals surface area contributed by atoms with E-state index in [0.29, 0.717) is 11.6 Å².